The molecule has 0 bridgehead atoms. The molecule has 0 radical (unpaired) electrons. The highest BCUT2D eigenvalue weighted by Gasteiger charge is 2.23. The number of rotatable bonds is 3. The van der Waals surface area contributed by atoms with Gasteiger partial charge in [-0.15, -0.1) is 0 Å². The third-order valence-corrected chi connectivity index (χ3v) is 2.45. The quantitative estimate of drug-likeness (QED) is 0.669. The number of hydrogen-bond donors (Lipinski definition) is 2. The van der Waals surface area contributed by atoms with Gasteiger partial charge in [-0.1, -0.05) is 25.5 Å². The van der Waals surface area contributed by atoms with Crippen LogP contribution in [0.1, 0.15) is 25.7 Å². The molecule has 0 spiro atoms. The lowest BCUT2D eigenvalue weighted by atomic mass is 9.91. The number of nitrogens with two attached hydrogens (primary N) is 1. The van der Waals surface area contributed by atoms with Gasteiger partial charge in [-0.25, -0.2) is 4.79 Å². The molecule has 0 aliphatic heterocycles. The molecule has 0 heterocycles. The number of alkyl carbamates (subject to hydrolysis) is 1. The van der Waals surface area contributed by atoms with Crippen LogP contribution in [-0.2, 0) is 4.74 Å². The van der Waals surface area contributed by atoms with Gasteiger partial charge < -0.3 is 15.8 Å². The zero-order valence-corrected chi connectivity index (χ0v) is 8.37. The molecule has 2 atom stereocenters. The largest absolute Gasteiger partial charge is 0.445 e. The molecule has 1 aliphatic rings. The van der Waals surface area contributed by atoms with Crippen molar-refractivity contribution < 1.29 is 9.53 Å². The Balaban J connectivity index is 2.27. The number of carbonyl (C=O) groups excluding carboxylic acids is 1. The maximum Gasteiger partial charge on any atom is 0.407 e. The molecule has 14 heavy (non-hydrogen) atoms. The first-order valence-electron chi connectivity index (χ1n) is 5.04. The van der Waals surface area contributed by atoms with E-state index in [9.17, 15) is 4.79 Å². The van der Waals surface area contributed by atoms with Crippen LogP contribution >= 0.6 is 0 Å². The number of amides is 1. The molecular formula is C10H18N2O2. The SMILES string of the molecule is C=CCOC(=O)N[C@@H]1CCCC[C@@H]1N. The van der Waals surface area contributed by atoms with E-state index < -0.39 is 6.09 Å². The van der Waals surface area contributed by atoms with Crippen molar-refractivity contribution in [2.24, 2.45) is 5.73 Å². The maximum atomic E-state index is 11.2. The molecule has 80 valence electrons. The van der Waals surface area contributed by atoms with Crippen LogP contribution < -0.4 is 11.1 Å². The van der Waals surface area contributed by atoms with E-state index in [1.54, 1.807) is 6.08 Å². The third kappa shape index (κ3) is 3.38. The lowest BCUT2D eigenvalue weighted by Gasteiger charge is -2.28. The molecule has 1 amide bonds. The van der Waals surface area contributed by atoms with Crippen LogP contribution in [-0.4, -0.2) is 24.8 Å². The monoisotopic (exact) mass is 198 g/mol. The van der Waals surface area contributed by atoms with Crippen LogP contribution in [0, 0.1) is 0 Å². The van der Waals surface area contributed by atoms with Gasteiger partial charge in [0, 0.05) is 12.1 Å². The first kappa shape index (κ1) is 11.0. The second-order valence-electron chi connectivity index (χ2n) is 3.59. The van der Waals surface area contributed by atoms with Crippen LogP contribution in [0.3, 0.4) is 0 Å². The van der Waals surface area contributed by atoms with Gasteiger partial charge >= 0.3 is 6.09 Å². The summed E-state index contributed by atoms with van der Waals surface area (Å²) in [7, 11) is 0. The van der Waals surface area contributed by atoms with E-state index >= 15 is 0 Å². The van der Waals surface area contributed by atoms with Crippen molar-refractivity contribution >= 4 is 6.09 Å². The topological polar surface area (TPSA) is 64.3 Å². The highest BCUT2D eigenvalue weighted by atomic mass is 16.5. The van der Waals surface area contributed by atoms with E-state index in [2.05, 4.69) is 11.9 Å². The van der Waals surface area contributed by atoms with Crippen LogP contribution in [0.15, 0.2) is 12.7 Å². The van der Waals surface area contributed by atoms with Gasteiger partial charge in [0.15, 0.2) is 0 Å². The zero-order chi connectivity index (χ0) is 10.4. The van der Waals surface area contributed by atoms with E-state index in [-0.39, 0.29) is 18.7 Å². The molecule has 0 aromatic rings. The number of ether oxygens (including phenoxy) is 1. The Hall–Kier alpha value is -1.03. The molecule has 0 saturated heterocycles. The summed E-state index contributed by atoms with van der Waals surface area (Å²) in [6.45, 7) is 3.71. The Morgan fingerprint density at radius 3 is 2.93 bits per heavy atom. The molecule has 4 heteroatoms. The summed E-state index contributed by atoms with van der Waals surface area (Å²) in [6.07, 6.45) is 5.35. The summed E-state index contributed by atoms with van der Waals surface area (Å²) in [5, 5.41) is 2.77. The van der Waals surface area contributed by atoms with Crippen molar-refractivity contribution in [1.82, 2.24) is 5.32 Å². The highest BCUT2D eigenvalue weighted by Crippen LogP contribution is 2.16. The smallest absolute Gasteiger partial charge is 0.407 e. The van der Waals surface area contributed by atoms with Crippen LogP contribution in [0.5, 0.6) is 0 Å². The van der Waals surface area contributed by atoms with Gasteiger partial charge in [0.05, 0.1) is 0 Å². The minimum atomic E-state index is -0.396. The molecule has 4 nitrogen and oxygen atoms in total. The Morgan fingerprint density at radius 1 is 1.57 bits per heavy atom. The molecule has 0 aromatic heterocycles. The van der Waals surface area contributed by atoms with Gasteiger partial charge in [0.25, 0.3) is 0 Å². The fraction of sp³-hybridized carbons (Fsp3) is 0.700. The van der Waals surface area contributed by atoms with Crippen molar-refractivity contribution in [2.45, 2.75) is 37.8 Å². The normalized spacial score (nSPS) is 26.6. The van der Waals surface area contributed by atoms with Crippen molar-refractivity contribution in [3.05, 3.63) is 12.7 Å². The Bertz CT molecular complexity index is 206. The fourth-order valence-corrected chi connectivity index (χ4v) is 1.67. The molecule has 0 unspecified atom stereocenters. The van der Waals surface area contributed by atoms with E-state index in [0.29, 0.717) is 0 Å². The predicted molar refractivity (Wildman–Crippen MR) is 54.9 cm³/mol. The second-order valence-corrected chi connectivity index (χ2v) is 3.59. The van der Waals surface area contributed by atoms with Crippen LogP contribution in [0.4, 0.5) is 4.79 Å². The summed E-state index contributed by atoms with van der Waals surface area (Å²) in [4.78, 5) is 11.2. The molecule has 1 fully saturated rings. The summed E-state index contributed by atoms with van der Waals surface area (Å²) in [6, 6.07) is 0.140. The second kappa shape index (κ2) is 5.65. The highest BCUT2D eigenvalue weighted by molar-refractivity contribution is 5.67. The summed E-state index contributed by atoms with van der Waals surface area (Å²) >= 11 is 0. The van der Waals surface area contributed by atoms with Crippen LogP contribution in [0.2, 0.25) is 0 Å². The average molecular weight is 198 g/mol. The standard InChI is InChI=1S/C10H18N2O2/c1-2-7-14-10(13)12-9-6-4-3-5-8(9)11/h2,8-9H,1,3-7,11H2,(H,12,13)/t8-,9+/m0/s1. The van der Waals surface area contributed by atoms with Crippen molar-refractivity contribution in [3.63, 3.8) is 0 Å². The number of carbonyl (C=O) groups is 1. The summed E-state index contributed by atoms with van der Waals surface area (Å²) < 4.78 is 4.82. The first-order chi connectivity index (χ1) is 6.74. The van der Waals surface area contributed by atoms with Crippen molar-refractivity contribution in [1.29, 1.82) is 0 Å². The van der Waals surface area contributed by atoms with Crippen molar-refractivity contribution in [2.75, 3.05) is 6.61 Å². The Morgan fingerprint density at radius 2 is 2.29 bits per heavy atom. The first-order valence-corrected chi connectivity index (χ1v) is 5.04. The van der Waals surface area contributed by atoms with Gasteiger partial charge in [0.2, 0.25) is 0 Å². The fourth-order valence-electron chi connectivity index (χ4n) is 1.67. The third-order valence-electron chi connectivity index (χ3n) is 2.45. The molecule has 1 rings (SSSR count). The lowest BCUT2D eigenvalue weighted by Crippen LogP contribution is -2.49. The van der Waals surface area contributed by atoms with E-state index in [0.717, 1.165) is 25.7 Å². The molecule has 3 N–H and O–H groups in total. The maximum absolute atomic E-state index is 11.2. The van der Waals surface area contributed by atoms with Crippen molar-refractivity contribution in [3.8, 4) is 0 Å². The van der Waals surface area contributed by atoms with Gasteiger partial charge in [-0.3, -0.25) is 0 Å². The van der Waals surface area contributed by atoms with Gasteiger partial charge in [-0.2, -0.15) is 0 Å². The Kier molecular flexibility index (Phi) is 4.46. The molecule has 1 aliphatic carbocycles. The minimum Gasteiger partial charge on any atom is -0.445 e. The van der Waals surface area contributed by atoms with Gasteiger partial charge in [0.1, 0.15) is 6.61 Å². The lowest BCUT2D eigenvalue weighted by molar-refractivity contribution is 0.149. The summed E-state index contributed by atoms with van der Waals surface area (Å²) in [5.74, 6) is 0. The number of nitrogens with one attached hydrogen (secondary N) is 1. The molecule has 1 saturated carbocycles. The molecular weight excluding hydrogens is 180 g/mol. The van der Waals surface area contributed by atoms with E-state index in [4.69, 9.17) is 10.5 Å². The predicted octanol–water partition coefficient (Wildman–Crippen LogP) is 1.17. The Labute approximate surface area is 84.5 Å². The van der Waals surface area contributed by atoms with Gasteiger partial charge in [-0.05, 0) is 12.8 Å². The average Bonchev–Trinajstić information content (AvgIpc) is 2.18. The molecule has 0 aromatic carbocycles. The van der Waals surface area contributed by atoms with E-state index in [1.165, 1.54) is 0 Å². The zero-order valence-electron chi connectivity index (χ0n) is 8.37. The van der Waals surface area contributed by atoms with E-state index in [1.807, 2.05) is 0 Å². The number of hydrogen-bond acceptors (Lipinski definition) is 3. The minimum absolute atomic E-state index is 0.0695. The van der Waals surface area contributed by atoms with Crippen LogP contribution in [0.25, 0.3) is 0 Å². The summed E-state index contributed by atoms with van der Waals surface area (Å²) in [5.41, 5.74) is 5.87.